The van der Waals surface area contributed by atoms with E-state index in [1.807, 2.05) is 18.2 Å². The van der Waals surface area contributed by atoms with Gasteiger partial charge < -0.3 is 20.3 Å². The van der Waals surface area contributed by atoms with Crippen LogP contribution in [0.25, 0.3) is 0 Å². The highest BCUT2D eigenvalue weighted by atomic mass is 16.5. The van der Waals surface area contributed by atoms with Gasteiger partial charge in [0.1, 0.15) is 12.4 Å². The van der Waals surface area contributed by atoms with Crippen LogP contribution in [0.2, 0.25) is 0 Å². The van der Waals surface area contributed by atoms with Crippen LogP contribution in [0.5, 0.6) is 5.75 Å². The first-order valence-corrected chi connectivity index (χ1v) is 7.31. The van der Waals surface area contributed by atoms with Crippen LogP contribution in [0, 0.1) is 0 Å². The molecule has 23 heavy (non-hydrogen) atoms. The van der Waals surface area contributed by atoms with Crippen LogP contribution in [0.3, 0.4) is 0 Å². The van der Waals surface area contributed by atoms with Gasteiger partial charge >= 0.3 is 6.03 Å². The van der Waals surface area contributed by atoms with E-state index in [0.29, 0.717) is 30.3 Å². The molecule has 6 heteroatoms. The minimum atomic E-state index is -0.338. The van der Waals surface area contributed by atoms with Crippen LogP contribution in [-0.4, -0.2) is 25.1 Å². The van der Waals surface area contributed by atoms with E-state index in [-0.39, 0.29) is 11.9 Å². The zero-order chi connectivity index (χ0) is 16.2. The maximum absolute atomic E-state index is 12.0. The summed E-state index contributed by atoms with van der Waals surface area (Å²) in [5.74, 6) is 0.557. The average Bonchev–Trinajstić information content (AvgIpc) is 2.54. The predicted octanol–water partition coefficient (Wildman–Crippen LogP) is 3.08. The van der Waals surface area contributed by atoms with Crippen molar-refractivity contribution in [3.05, 3.63) is 48.5 Å². The number of ether oxygens (including phenoxy) is 1. The molecule has 2 aromatic rings. The number of anilines is 3. The molecule has 118 valence electrons. The van der Waals surface area contributed by atoms with Crippen LogP contribution in [0.15, 0.2) is 48.5 Å². The van der Waals surface area contributed by atoms with Crippen LogP contribution in [0.4, 0.5) is 21.9 Å². The number of nitrogens with zero attached hydrogens (tertiary/aromatic N) is 1. The SMILES string of the molecule is CC(=O)N1CCOc2cc(NC(=O)Nc3ccccc3)ccc21. The average molecular weight is 311 g/mol. The van der Waals surface area contributed by atoms with E-state index in [1.54, 1.807) is 35.2 Å². The van der Waals surface area contributed by atoms with Crippen molar-refractivity contribution < 1.29 is 14.3 Å². The zero-order valence-electron chi connectivity index (χ0n) is 12.7. The third-order valence-corrected chi connectivity index (χ3v) is 3.49. The van der Waals surface area contributed by atoms with Crippen molar-refractivity contribution in [2.75, 3.05) is 28.7 Å². The number of urea groups is 1. The molecule has 1 heterocycles. The molecule has 0 spiro atoms. The second-order valence-electron chi connectivity index (χ2n) is 5.15. The largest absolute Gasteiger partial charge is 0.489 e. The van der Waals surface area contributed by atoms with E-state index < -0.39 is 0 Å². The molecule has 0 fully saturated rings. The summed E-state index contributed by atoms with van der Waals surface area (Å²) in [6, 6.07) is 14.1. The fourth-order valence-corrected chi connectivity index (χ4v) is 2.44. The van der Waals surface area contributed by atoms with Crippen LogP contribution >= 0.6 is 0 Å². The maximum atomic E-state index is 12.0. The van der Waals surface area contributed by atoms with Gasteiger partial charge in [-0.05, 0) is 24.3 Å². The number of nitrogens with one attached hydrogen (secondary N) is 2. The number of hydrogen-bond acceptors (Lipinski definition) is 3. The van der Waals surface area contributed by atoms with Crippen molar-refractivity contribution in [1.29, 1.82) is 0 Å². The van der Waals surface area contributed by atoms with E-state index >= 15 is 0 Å². The molecule has 3 amide bonds. The molecule has 3 rings (SSSR count). The summed E-state index contributed by atoms with van der Waals surface area (Å²) in [7, 11) is 0. The fraction of sp³-hybridized carbons (Fsp3) is 0.176. The Morgan fingerprint density at radius 3 is 2.52 bits per heavy atom. The van der Waals surface area contributed by atoms with Gasteiger partial charge in [0.15, 0.2) is 0 Å². The molecule has 1 aliphatic rings. The quantitative estimate of drug-likeness (QED) is 0.895. The van der Waals surface area contributed by atoms with E-state index in [9.17, 15) is 9.59 Å². The first-order chi connectivity index (χ1) is 11.1. The Labute approximate surface area is 134 Å². The third kappa shape index (κ3) is 3.42. The molecular formula is C17H17N3O3. The first kappa shape index (κ1) is 14.9. The van der Waals surface area contributed by atoms with Gasteiger partial charge in [0.2, 0.25) is 5.91 Å². The van der Waals surface area contributed by atoms with Gasteiger partial charge in [0, 0.05) is 24.4 Å². The first-order valence-electron chi connectivity index (χ1n) is 7.31. The van der Waals surface area contributed by atoms with Crippen molar-refractivity contribution in [2.45, 2.75) is 6.92 Å². The van der Waals surface area contributed by atoms with Crippen LogP contribution in [0.1, 0.15) is 6.92 Å². The number of benzene rings is 2. The summed E-state index contributed by atoms with van der Waals surface area (Å²) in [5, 5.41) is 5.49. The van der Waals surface area contributed by atoms with Crippen molar-refractivity contribution in [2.24, 2.45) is 0 Å². The van der Waals surface area contributed by atoms with Crippen LogP contribution in [-0.2, 0) is 4.79 Å². The number of para-hydroxylation sites is 1. The summed E-state index contributed by atoms with van der Waals surface area (Å²) < 4.78 is 5.58. The minimum absolute atomic E-state index is 0.0305. The smallest absolute Gasteiger partial charge is 0.323 e. The van der Waals surface area contributed by atoms with E-state index in [4.69, 9.17) is 4.74 Å². The molecule has 0 aliphatic carbocycles. The standard InChI is InChI=1S/C17H17N3O3/c1-12(21)20-9-10-23-16-11-14(7-8-15(16)20)19-17(22)18-13-5-3-2-4-6-13/h2-8,11H,9-10H2,1H3,(H2,18,19,22). The van der Waals surface area contributed by atoms with Crippen molar-refractivity contribution in [1.82, 2.24) is 0 Å². The topological polar surface area (TPSA) is 70.7 Å². The fourth-order valence-electron chi connectivity index (χ4n) is 2.44. The third-order valence-electron chi connectivity index (χ3n) is 3.49. The van der Waals surface area contributed by atoms with E-state index in [0.717, 1.165) is 5.69 Å². The summed E-state index contributed by atoms with van der Waals surface area (Å²) >= 11 is 0. The molecular weight excluding hydrogens is 294 g/mol. The lowest BCUT2D eigenvalue weighted by molar-refractivity contribution is -0.116. The Hall–Kier alpha value is -3.02. The number of rotatable bonds is 2. The minimum Gasteiger partial charge on any atom is -0.489 e. The number of carbonyl (C=O) groups excluding carboxylic acids is 2. The molecule has 0 atom stereocenters. The Morgan fingerprint density at radius 1 is 1.04 bits per heavy atom. The molecule has 0 saturated heterocycles. The van der Waals surface area contributed by atoms with Crippen molar-refractivity contribution in [3.8, 4) is 5.75 Å². The number of fused-ring (bicyclic) bond motifs is 1. The number of hydrogen-bond donors (Lipinski definition) is 2. The zero-order valence-corrected chi connectivity index (χ0v) is 12.7. The summed E-state index contributed by atoms with van der Waals surface area (Å²) in [6.07, 6.45) is 0. The van der Waals surface area contributed by atoms with Gasteiger partial charge in [-0.25, -0.2) is 4.79 Å². The molecule has 0 unspecified atom stereocenters. The molecule has 0 aromatic heterocycles. The van der Waals surface area contributed by atoms with E-state index in [2.05, 4.69) is 10.6 Å². The van der Waals surface area contributed by atoms with Crippen LogP contribution < -0.4 is 20.3 Å². The van der Waals surface area contributed by atoms with Gasteiger partial charge in [-0.1, -0.05) is 18.2 Å². The molecule has 6 nitrogen and oxygen atoms in total. The Kier molecular flexibility index (Phi) is 4.14. The molecule has 0 bridgehead atoms. The normalized spacial score (nSPS) is 12.8. The summed E-state index contributed by atoms with van der Waals surface area (Å²) in [4.78, 5) is 25.3. The highest BCUT2D eigenvalue weighted by Gasteiger charge is 2.21. The van der Waals surface area contributed by atoms with Gasteiger partial charge in [-0.15, -0.1) is 0 Å². The molecule has 0 saturated carbocycles. The van der Waals surface area contributed by atoms with Gasteiger partial charge in [0.05, 0.1) is 12.2 Å². The van der Waals surface area contributed by atoms with Crippen molar-refractivity contribution in [3.63, 3.8) is 0 Å². The van der Waals surface area contributed by atoms with Crippen molar-refractivity contribution >= 4 is 29.0 Å². The Balaban J connectivity index is 1.72. The number of carbonyl (C=O) groups is 2. The summed E-state index contributed by atoms with van der Waals surface area (Å²) in [5.41, 5.74) is 2.03. The lowest BCUT2D eigenvalue weighted by atomic mass is 10.2. The second kappa shape index (κ2) is 6.39. The highest BCUT2D eigenvalue weighted by molar-refractivity contribution is 6.00. The molecule has 2 aromatic carbocycles. The second-order valence-corrected chi connectivity index (χ2v) is 5.15. The van der Waals surface area contributed by atoms with Gasteiger partial charge in [-0.3, -0.25) is 4.79 Å². The molecule has 1 aliphatic heterocycles. The summed E-state index contributed by atoms with van der Waals surface area (Å²) in [6.45, 7) is 2.49. The Morgan fingerprint density at radius 2 is 1.78 bits per heavy atom. The Bertz CT molecular complexity index is 731. The lowest BCUT2D eigenvalue weighted by Gasteiger charge is -2.29. The number of amides is 3. The monoisotopic (exact) mass is 311 g/mol. The van der Waals surface area contributed by atoms with Gasteiger partial charge in [0.25, 0.3) is 0 Å². The molecule has 2 N–H and O–H groups in total. The predicted molar refractivity (Wildman–Crippen MR) is 89.0 cm³/mol. The maximum Gasteiger partial charge on any atom is 0.323 e. The lowest BCUT2D eigenvalue weighted by Crippen LogP contribution is -2.36. The molecule has 0 radical (unpaired) electrons. The van der Waals surface area contributed by atoms with Gasteiger partial charge in [-0.2, -0.15) is 0 Å². The van der Waals surface area contributed by atoms with E-state index in [1.165, 1.54) is 6.92 Å². The highest BCUT2D eigenvalue weighted by Crippen LogP contribution is 2.34.